The van der Waals surface area contributed by atoms with Gasteiger partial charge in [0.1, 0.15) is 5.60 Å². The molecule has 0 saturated heterocycles. The molecule has 0 heterocycles. The number of carbonyl (C=O) groups is 3. The molecule has 0 aromatic heterocycles. The highest BCUT2D eigenvalue weighted by Gasteiger charge is 2.51. The molecule has 0 radical (unpaired) electrons. The Bertz CT molecular complexity index is 669. The first-order chi connectivity index (χ1) is 13.1. The lowest BCUT2D eigenvalue weighted by atomic mass is 9.78. The summed E-state index contributed by atoms with van der Waals surface area (Å²) < 4.78 is 15.7. The van der Waals surface area contributed by atoms with Gasteiger partial charge < -0.3 is 14.2 Å². The molecule has 0 spiro atoms. The summed E-state index contributed by atoms with van der Waals surface area (Å²) >= 11 is 0. The van der Waals surface area contributed by atoms with Crippen molar-refractivity contribution in [2.45, 2.75) is 66.4 Å². The maximum Gasteiger partial charge on any atom is 0.324 e. The van der Waals surface area contributed by atoms with Crippen LogP contribution in [0.2, 0.25) is 0 Å². The molecule has 1 aromatic rings. The minimum atomic E-state index is -1.74. The van der Waals surface area contributed by atoms with E-state index in [0.717, 1.165) is 11.1 Å². The summed E-state index contributed by atoms with van der Waals surface area (Å²) in [6.07, 6.45) is 0.0929. The van der Waals surface area contributed by atoms with E-state index in [-0.39, 0.29) is 19.6 Å². The van der Waals surface area contributed by atoms with Crippen LogP contribution in [0.4, 0.5) is 0 Å². The summed E-state index contributed by atoms with van der Waals surface area (Å²) in [6.45, 7) is 10.7. The molecular formula is C22H32O6. The van der Waals surface area contributed by atoms with Gasteiger partial charge in [-0.05, 0) is 65.5 Å². The Labute approximate surface area is 167 Å². The number of hydrogen-bond acceptors (Lipinski definition) is 6. The minimum Gasteiger partial charge on any atom is -0.465 e. The van der Waals surface area contributed by atoms with Gasteiger partial charge in [-0.15, -0.1) is 0 Å². The number of hydrogen-bond donors (Lipinski definition) is 0. The highest BCUT2D eigenvalue weighted by Crippen LogP contribution is 2.34. The lowest BCUT2D eigenvalue weighted by Gasteiger charge is -2.30. The van der Waals surface area contributed by atoms with Gasteiger partial charge >= 0.3 is 17.9 Å². The van der Waals surface area contributed by atoms with Crippen molar-refractivity contribution in [3.8, 4) is 0 Å². The molecule has 0 unspecified atom stereocenters. The van der Waals surface area contributed by atoms with Gasteiger partial charge in [-0.25, -0.2) is 0 Å². The molecule has 156 valence electrons. The number of carbonyl (C=O) groups excluding carboxylic acids is 3. The van der Waals surface area contributed by atoms with Gasteiger partial charge in [0.15, 0.2) is 5.41 Å². The van der Waals surface area contributed by atoms with E-state index in [1.54, 1.807) is 34.6 Å². The van der Waals surface area contributed by atoms with E-state index in [9.17, 15) is 14.4 Å². The quantitative estimate of drug-likeness (QED) is 0.362. The van der Waals surface area contributed by atoms with Crippen LogP contribution in [0.3, 0.4) is 0 Å². The third-order valence-corrected chi connectivity index (χ3v) is 4.28. The van der Waals surface area contributed by atoms with Crippen molar-refractivity contribution >= 4 is 17.9 Å². The third-order valence-electron chi connectivity index (χ3n) is 4.28. The van der Waals surface area contributed by atoms with Gasteiger partial charge in [0.05, 0.1) is 19.6 Å². The maximum absolute atomic E-state index is 12.9. The molecule has 0 aliphatic heterocycles. The van der Waals surface area contributed by atoms with Crippen molar-refractivity contribution in [1.82, 2.24) is 0 Å². The maximum atomic E-state index is 12.9. The van der Waals surface area contributed by atoms with Crippen LogP contribution < -0.4 is 0 Å². The lowest BCUT2D eigenvalue weighted by molar-refractivity contribution is -0.180. The predicted molar refractivity (Wildman–Crippen MR) is 106 cm³/mol. The number of benzene rings is 1. The monoisotopic (exact) mass is 392 g/mol. The van der Waals surface area contributed by atoms with E-state index in [1.165, 1.54) is 0 Å². The Kier molecular flexibility index (Phi) is 8.66. The number of rotatable bonds is 9. The van der Waals surface area contributed by atoms with Gasteiger partial charge in [-0.2, -0.15) is 0 Å². The Morgan fingerprint density at radius 2 is 1.46 bits per heavy atom. The Morgan fingerprint density at radius 1 is 0.929 bits per heavy atom. The molecule has 6 nitrogen and oxygen atoms in total. The highest BCUT2D eigenvalue weighted by atomic mass is 16.6. The van der Waals surface area contributed by atoms with Crippen LogP contribution >= 0.6 is 0 Å². The molecule has 6 heteroatoms. The zero-order chi connectivity index (χ0) is 21.4. The summed E-state index contributed by atoms with van der Waals surface area (Å²) in [6, 6.07) is 7.71. The summed E-state index contributed by atoms with van der Waals surface area (Å²) in [5.41, 5.74) is -0.440. The van der Waals surface area contributed by atoms with Crippen molar-refractivity contribution in [1.29, 1.82) is 0 Å². The molecule has 0 fully saturated rings. The standard InChI is InChI=1S/C22H32O6/c1-7-26-19(24)22(20(25)27-8-2,15-18(23)28-21(4,5)6)14-13-17-12-10-9-11-16(17)3/h9-12H,7-8,13-15H2,1-6H3. The first-order valence-corrected chi connectivity index (χ1v) is 9.66. The summed E-state index contributed by atoms with van der Waals surface area (Å²) in [5, 5.41) is 0. The lowest BCUT2D eigenvalue weighted by Crippen LogP contribution is -2.45. The Morgan fingerprint density at radius 3 is 1.93 bits per heavy atom. The van der Waals surface area contributed by atoms with Crippen LogP contribution in [0.5, 0.6) is 0 Å². The fourth-order valence-corrected chi connectivity index (χ4v) is 2.92. The van der Waals surface area contributed by atoms with Crippen molar-refractivity contribution in [2.24, 2.45) is 5.41 Å². The van der Waals surface area contributed by atoms with Gasteiger partial charge in [-0.1, -0.05) is 24.3 Å². The van der Waals surface area contributed by atoms with Crippen molar-refractivity contribution in [3.63, 3.8) is 0 Å². The summed E-state index contributed by atoms with van der Waals surface area (Å²) in [4.78, 5) is 38.2. The molecule has 0 amide bonds. The number of aryl methyl sites for hydroxylation is 2. The van der Waals surface area contributed by atoms with Crippen LogP contribution in [0.15, 0.2) is 24.3 Å². The smallest absolute Gasteiger partial charge is 0.324 e. The Hall–Kier alpha value is -2.37. The van der Waals surface area contributed by atoms with Gasteiger partial charge in [0, 0.05) is 0 Å². The second kappa shape index (κ2) is 10.2. The normalized spacial score (nSPS) is 11.6. The van der Waals surface area contributed by atoms with E-state index in [0.29, 0.717) is 6.42 Å². The minimum absolute atomic E-state index is 0.0920. The number of ether oxygens (including phenoxy) is 3. The van der Waals surface area contributed by atoms with Gasteiger partial charge in [0.25, 0.3) is 0 Å². The molecule has 0 aliphatic carbocycles. The zero-order valence-corrected chi connectivity index (χ0v) is 17.8. The Balaban J connectivity index is 3.25. The van der Waals surface area contributed by atoms with Crippen LogP contribution in [0, 0.1) is 12.3 Å². The van der Waals surface area contributed by atoms with E-state index in [2.05, 4.69) is 0 Å². The van der Waals surface area contributed by atoms with Crippen LogP contribution in [0.1, 0.15) is 58.6 Å². The molecule has 28 heavy (non-hydrogen) atoms. The zero-order valence-electron chi connectivity index (χ0n) is 17.8. The van der Waals surface area contributed by atoms with E-state index in [4.69, 9.17) is 14.2 Å². The largest absolute Gasteiger partial charge is 0.465 e. The summed E-state index contributed by atoms with van der Waals surface area (Å²) in [5.74, 6) is -2.15. The SMILES string of the molecule is CCOC(=O)C(CCc1ccccc1C)(CC(=O)OC(C)(C)C)C(=O)OCC. The fourth-order valence-electron chi connectivity index (χ4n) is 2.92. The van der Waals surface area contributed by atoms with E-state index < -0.39 is 35.3 Å². The molecule has 0 bridgehead atoms. The number of esters is 3. The molecule has 0 saturated carbocycles. The van der Waals surface area contributed by atoms with Crippen molar-refractivity contribution < 1.29 is 28.6 Å². The second-order valence-corrected chi connectivity index (χ2v) is 7.71. The molecule has 0 N–H and O–H groups in total. The highest BCUT2D eigenvalue weighted by molar-refractivity contribution is 6.03. The molecular weight excluding hydrogens is 360 g/mol. The third kappa shape index (κ3) is 6.66. The molecule has 0 aliphatic rings. The molecule has 0 atom stereocenters. The topological polar surface area (TPSA) is 78.9 Å². The first kappa shape index (κ1) is 23.7. The van der Waals surface area contributed by atoms with E-state index in [1.807, 2.05) is 31.2 Å². The first-order valence-electron chi connectivity index (χ1n) is 9.66. The van der Waals surface area contributed by atoms with Crippen molar-refractivity contribution in [3.05, 3.63) is 35.4 Å². The van der Waals surface area contributed by atoms with Gasteiger partial charge in [0.2, 0.25) is 0 Å². The van der Waals surface area contributed by atoms with Crippen LogP contribution in [-0.2, 0) is 35.0 Å². The molecule has 1 rings (SSSR count). The second-order valence-electron chi connectivity index (χ2n) is 7.71. The fraction of sp³-hybridized carbons (Fsp3) is 0.591. The van der Waals surface area contributed by atoms with Crippen LogP contribution in [0.25, 0.3) is 0 Å². The van der Waals surface area contributed by atoms with Gasteiger partial charge in [-0.3, -0.25) is 14.4 Å². The average molecular weight is 392 g/mol. The van der Waals surface area contributed by atoms with Crippen molar-refractivity contribution in [2.75, 3.05) is 13.2 Å². The predicted octanol–water partition coefficient (Wildman–Crippen LogP) is 3.77. The van der Waals surface area contributed by atoms with Crippen LogP contribution in [-0.4, -0.2) is 36.7 Å². The van der Waals surface area contributed by atoms with E-state index >= 15 is 0 Å². The summed E-state index contributed by atoms with van der Waals surface area (Å²) in [7, 11) is 0. The average Bonchev–Trinajstić information content (AvgIpc) is 2.58. The molecule has 1 aromatic carbocycles.